The third kappa shape index (κ3) is 5.42. The summed E-state index contributed by atoms with van der Waals surface area (Å²) in [5.41, 5.74) is 2.77. The van der Waals surface area contributed by atoms with Gasteiger partial charge in [-0.3, -0.25) is 9.36 Å². The summed E-state index contributed by atoms with van der Waals surface area (Å²) in [7, 11) is 0. The zero-order valence-electron chi connectivity index (χ0n) is 16.9. The Labute approximate surface area is 193 Å². The van der Waals surface area contributed by atoms with Gasteiger partial charge in [-0.05, 0) is 43.3 Å². The number of para-hydroxylation sites is 1. The van der Waals surface area contributed by atoms with Crippen LogP contribution in [0.2, 0.25) is 0 Å². The second-order valence-corrected chi connectivity index (χ2v) is 8.75. The van der Waals surface area contributed by atoms with E-state index in [0.29, 0.717) is 16.5 Å². The smallest absolute Gasteiger partial charge is 0.196 e. The van der Waals surface area contributed by atoms with Crippen molar-refractivity contribution in [3.05, 3.63) is 100 Å². The molecule has 0 N–H and O–H groups in total. The van der Waals surface area contributed by atoms with Gasteiger partial charge in [0.1, 0.15) is 12.4 Å². The van der Waals surface area contributed by atoms with E-state index in [0.717, 1.165) is 15.9 Å². The van der Waals surface area contributed by atoms with Gasteiger partial charge >= 0.3 is 0 Å². The number of benzene rings is 3. The lowest BCUT2D eigenvalue weighted by atomic mass is 10.2. The van der Waals surface area contributed by atoms with Crippen LogP contribution in [0, 0.1) is 6.92 Å². The fourth-order valence-corrected chi connectivity index (χ4v) is 4.08. The number of ether oxygens (including phenoxy) is 1. The lowest BCUT2D eigenvalue weighted by molar-refractivity contribution is 0.102. The first-order chi connectivity index (χ1) is 15.1. The molecule has 0 aliphatic rings. The number of hydrogen-bond acceptors (Lipinski definition) is 5. The van der Waals surface area contributed by atoms with Gasteiger partial charge in [-0.25, -0.2) is 0 Å². The minimum atomic E-state index is 0.0399. The van der Waals surface area contributed by atoms with E-state index in [-0.39, 0.29) is 18.1 Å². The summed E-state index contributed by atoms with van der Waals surface area (Å²) in [5.74, 6) is 1.75. The normalized spacial score (nSPS) is 10.8. The van der Waals surface area contributed by atoms with Gasteiger partial charge in [0.15, 0.2) is 16.8 Å². The minimum Gasteiger partial charge on any atom is -0.486 e. The van der Waals surface area contributed by atoms with Gasteiger partial charge in [-0.1, -0.05) is 75.7 Å². The van der Waals surface area contributed by atoms with E-state index < -0.39 is 0 Å². The first-order valence-electron chi connectivity index (χ1n) is 9.71. The molecule has 1 heterocycles. The Bertz CT molecular complexity index is 1160. The molecule has 156 valence electrons. The highest BCUT2D eigenvalue weighted by molar-refractivity contribution is 9.10. The monoisotopic (exact) mass is 493 g/mol. The van der Waals surface area contributed by atoms with Gasteiger partial charge in [0, 0.05) is 15.7 Å². The summed E-state index contributed by atoms with van der Waals surface area (Å²) in [6, 6.07) is 25.1. The summed E-state index contributed by atoms with van der Waals surface area (Å²) in [4.78, 5) is 12.6. The molecular weight excluding hydrogens is 474 g/mol. The Balaban J connectivity index is 1.56. The van der Waals surface area contributed by atoms with Crippen molar-refractivity contribution >= 4 is 33.5 Å². The Hall–Kier alpha value is -2.90. The second kappa shape index (κ2) is 9.94. The molecule has 0 spiro atoms. The number of aromatic nitrogens is 3. The number of halogens is 1. The van der Waals surface area contributed by atoms with Crippen LogP contribution in [-0.2, 0) is 6.61 Å². The Kier molecular flexibility index (Phi) is 6.84. The maximum absolute atomic E-state index is 12.6. The van der Waals surface area contributed by atoms with Crippen molar-refractivity contribution in [2.24, 2.45) is 0 Å². The SMILES string of the molecule is Cc1ccc(-n2c(COc3ccccc3)nnc2SCC(=O)c2ccc(Br)cc2)cc1. The largest absolute Gasteiger partial charge is 0.486 e. The zero-order chi connectivity index (χ0) is 21.6. The van der Waals surface area contributed by atoms with Crippen LogP contribution in [0.4, 0.5) is 0 Å². The van der Waals surface area contributed by atoms with Crippen molar-refractivity contribution in [1.29, 1.82) is 0 Å². The fourth-order valence-electron chi connectivity index (χ4n) is 2.95. The van der Waals surface area contributed by atoms with Gasteiger partial charge in [0.25, 0.3) is 0 Å². The molecule has 0 amide bonds. The van der Waals surface area contributed by atoms with Gasteiger partial charge in [-0.2, -0.15) is 0 Å². The molecule has 4 aromatic rings. The molecule has 0 unspecified atom stereocenters. The van der Waals surface area contributed by atoms with E-state index in [1.165, 1.54) is 17.3 Å². The molecule has 3 aromatic carbocycles. The Morgan fingerprint density at radius 3 is 2.39 bits per heavy atom. The van der Waals surface area contributed by atoms with E-state index in [9.17, 15) is 4.79 Å². The van der Waals surface area contributed by atoms with Crippen LogP contribution in [0.15, 0.2) is 88.5 Å². The number of aryl methyl sites for hydroxylation is 1. The maximum Gasteiger partial charge on any atom is 0.196 e. The average Bonchev–Trinajstić information content (AvgIpc) is 3.20. The highest BCUT2D eigenvalue weighted by Crippen LogP contribution is 2.24. The molecule has 0 atom stereocenters. The molecular formula is C24H20BrN3O2S. The van der Waals surface area contributed by atoms with Crippen molar-refractivity contribution in [2.45, 2.75) is 18.7 Å². The molecule has 0 saturated carbocycles. The highest BCUT2D eigenvalue weighted by Gasteiger charge is 2.17. The number of hydrogen-bond donors (Lipinski definition) is 0. The van der Waals surface area contributed by atoms with Crippen molar-refractivity contribution in [1.82, 2.24) is 14.8 Å². The quantitative estimate of drug-likeness (QED) is 0.226. The predicted molar refractivity (Wildman–Crippen MR) is 126 cm³/mol. The standard InChI is InChI=1S/C24H20BrN3O2S/c1-17-7-13-20(14-8-17)28-23(15-30-21-5-3-2-4-6-21)26-27-24(28)31-16-22(29)18-9-11-19(25)12-10-18/h2-14H,15-16H2,1H3. The molecule has 0 radical (unpaired) electrons. The summed E-state index contributed by atoms with van der Waals surface area (Å²) in [5, 5.41) is 9.34. The van der Waals surface area contributed by atoms with Gasteiger partial charge in [0.05, 0.1) is 5.75 Å². The molecule has 1 aromatic heterocycles. The summed E-state index contributed by atoms with van der Waals surface area (Å²) in [6.07, 6.45) is 0. The van der Waals surface area contributed by atoms with Gasteiger partial charge in [0.2, 0.25) is 0 Å². The van der Waals surface area contributed by atoms with Crippen molar-refractivity contribution in [3.63, 3.8) is 0 Å². The van der Waals surface area contributed by atoms with Crippen LogP contribution in [0.5, 0.6) is 5.75 Å². The Morgan fingerprint density at radius 2 is 1.68 bits per heavy atom. The first kappa shape index (κ1) is 21.3. The van der Waals surface area contributed by atoms with Crippen molar-refractivity contribution in [2.75, 3.05) is 5.75 Å². The van der Waals surface area contributed by atoms with Gasteiger partial charge < -0.3 is 4.74 Å². The van der Waals surface area contributed by atoms with Crippen LogP contribution < -0.4 is 4.74 Å². The van der Waals surface area contributed by atoms with Gasteiger partial charge in [-0.15, -0.1) is 10.2 Å². The summed E-state index contributed by atoms with van der Waals surface area (Å²) < 4.78 is 8.78. The topological polar surface area (TPSA) is 57.0 Å². The van der Waals surface area contributed by atoms with Crippen molar-refractivity contribution in [3.8, 4) is 11.4 Å². The number of ketones is 1. The number of carbonyl (C=O) groups is 1. The number of Topliss-reactive ketones (excluding diaryl/α,β-unsaturated/α-hetero) is 1. The van der Waals surface area contributed by atoms with E-state index in [1.54, 1.807) is 0 Å². The molecule has 0 fully saturated rings. The van der Waals surface area contributed by atoms with E-state index in [1.807, 2.05) is 90.4 Å². The van der Waals surface area contributed by atoms with E-state index in [2.05, 4.69) is 26.1 Å². The summed E-state index contributed by atoms with van der Waals surface area (Å²) >= 11 is 4.76. The molecule has 0 bridgehead atoms. The average molecular weight is 494 g/mol. The third-order valence-electron chi connectivity index (χ3n) is 4.60. The molecule has 0 aliphatic heterocycles. The maximum atomic E-state index is 12.6. The summed E-state index contributed by atoms with van der Waals surface area (Å²) in [6.45, 7) is 2.31. The fraction of sp³-hybridized carbons (Fsp3) is 0.125. The lowest BCUT2D eigenvalue weighted by Crippen LogP contribution is -2.08. The van der Waals surface area contributed by atoms with Crippen LogP contribution in [-0.4, -0.2) is 26.3 Å². The second-order valence-electron chi connectivity index (χ2n) is 6.89. The molecule has 4 rings (SSSR count). The Morgan fingerprint density at radius 1 is 0.968 bits per heavy atom. The molecule has 0 aliphatic carbocycles. The van der Waals surface area contributed by atoms with Crippen LogP contribution in [0.25, 0.3) is 5.69 Å². The number of nitrogens with zero attached hydrogens (tertiary/aromatic N) is 3. The lowest BCUT2D eigenvalue weighted by Gasteiger charge is -2.11. The highest BCUT2D eigenvalue weighted by atomic mass is 79.9. The molecule has 7 heteroatoms. The predicted octanol–water partition coefficient (Wildman–Crippen LogP) is 5.89. The van der Waals surface area contributed by atoms with E-state index >= 15 is 0 Å². The van der Waals surface area contributed by atoms with E-state index in [4.69, 9.17) is 4.74 Å². The zero-order valence-corrected chi connectivity index (χ0v) is 19.3. The third-order valence-corrected chi connectivity index (χ3v) is 6.06. The van der Waals surface area contributed by atoms with Crippen LogP contribution in [0.3, 0.4) is 0 Å². The van der Waals surface area contributed by atoms with Crippen LogP contribution in [0.1, 0.15) is 21.7 Å². The first-order valence-corrected chi connectivity index (χ1v) is 11.5. The number of carbonyl (C=O) groups excluding carboxylic acids is 1. The van der Waals surface area contributed by atoms with Crippen LogP contribution >= 0.6 is 27.7 Å². The number of thioether (sulfide) groups is 1. The number of rotatable bonds is 8. The minimum absolute atomic E-state index is 0.0399. The van der Waals surface area contributed by atoms with Crippen molar-refractivity contribution < 1.29 is 9.53 Å². The molecule has 0 saturated heterocycles. The molecule has 31 heavy (non-hydrogen) atoms. The molecule has 5 nitrogen and oxygen atoms in total.